The molecular formula is C16H15F. The van der Waals surface area contributed by atoms with Crippen LogP contribution in [0.15, 0.2) is 48.5 Å². The van der Waals surface area contributed by atoms with Gasteiger partial charge in [0.15, 0.2) is 5.67 Å². The first-order valence-corrected chi connectivity index (χ1v) is 6.04. The molecule has 0 unspecified atom stereocenters. The van der Waals surface area contributed by atoms with Crippen molar-refractivity contribution in [2.24, 2.45) is 5.92 Å². The monoisotopic (exact) mass is 226 g/mol. The lowest BCUT2D eigenvalue weighted by Gasteiger charge is -2.27. The Balaban J connectivity index is 2.39. The molecule has 17 heavy (non-hydrogen) atoms. The van der Waals surface area contributed by atoms with Gasteiger partial charge in [-0.05, 0) is 17.0 Å². The number of benzene rings is 2. The molecule has 1 aliphatic rings. The van der Waals surface area contributed by atoms with Crippen LogP contribution in [0.4, 0.5) is 4.39 Å². The maximum atomic E-state index is 15.4. The van der Waals surface area contributed by atoms with Gasteiger partial charge in [-0.3, -0.25) is 0 Å². The lowest BCUT2D eigenvalue weighted by Crippen LogP contribution is -2.25. The molecule has 0 atom stereocenters. The number of alkyl halides is 1. The predicted octanol–water partition coefficient (Wildman–Crippen LogP) is 4.54. The van der Waals surface area contributed by atoms with Crippen LogP contribution in [-0.4, -0.2) is 0 Å². The zero-order valence-electron chi connectivity index (χ0n) is 10.1. The summed E-state index contributed by atoms with van der Waals surface area (Å²) in [5.74, 6) is -0.0627. The van der Waals surface area contributed by atoms with Crippen molar-refractivity contribution in [1.82, 2.24) is 0 Å². The van der Waals surface area contributed by atoms with Crippen LogP contribution in [0.2, 0.25) is 0 Å². The minimum atomic E-state index is -1.34. The molecule has 0 saturated carbocycles. The molecule has 0 aromatic heterocycles. The van der Waals surface area contributed by atoms with E-state index in [0.29, 0.717) is 0 Å². The van der Waals surface area contributed by atoms with Crippen LogP contribution in [-0.2, 0) is 5.67 Å². The van der Waals surface area contributed by atoms with Crippen LogP contribution in [0.1, 0.15) is 25.0 Å². The van der Waals surface area contributed by atoms with Crippen molar-refractivity contribution >= 4 is 0 Å². The average molecular weight is 226 g/mol. The van der Waals surface area contributed by atoms with Gasteiger partial charge >= 0.3 is 0 Å². The number of hydrogen-bond donors (Lipinski definition) is 0. The van der Waals surface area contributed by atoms with Crippen molar-refractivity contribution in [2.75, 3.05) is 0 Å². The van der Waals surface area contributed by atoms with Gasteiger partial charge in [0.05, 0.1) is 0 Å². The van der Waals surface area contributed by atoms with Crippen LogP contribution in [0.5, 0.6) is 0 Å². The van der Waals surface area contributed by atoms with Gasteiger partial charge < -0.3 is 0 Å². The van der Waals surface area contributed by atoms with Crippen LogP contribution >= 0.6 is 0 Å². The van der Waals surface area contributed by atoms with E-state index in [9.17, 15) is 0 Å². The molecule has 0 radical (unpaired) electrons. The maximum Gasteiger partial charge on any atom is 0.164 e. The molecule has 0 amide bonds. The summed E-state index contributed by atoms with van der Waals surface area (Å²) >= 11 is 0. The third-order valence-corrected chi connectivity index (χ3v) is 3.72. The number of fused-ring (bicyclic) bond motifs is 3. The van der Waals surface area contributed by atoms with Crippen molar-refractivity contribution < 1.29 is 4.39 Å². The Kier molecular flexibility index (Phi) is 2.12. The summed E-state index contributed by atoms with van der Waals surface area (Å²) in [7, 11) is 0. The first-order chi connectivity index (χ1) is 8.15. The molecule has 0 bridgehead atoms. The molecular weight excluding hydrogens is 211 g/mol. The Morgan fingerprint density at radius 1 is 0.824 bits per heavy atom. The minimum Gasteiger partial charge on any atom is -0.233 e. The smallest absolute Gasteiger partial charge is 0.164 e. The average Bonchev–Trinajstić information content (AvgIpc) is 2.63. The molecule has 1 heteroatoms. The van der Waals surface area contributed by atoms with E-state index >= 15 is 4.39 Å². The highest BCUT2D eigenvalue weighted by Gasteiger charge is 2.45. The van der Waals surface area contributed by atoms with Gasteiger partial charge in [-0.2, -0.15) is 0 Å². The van der Waals surface area contributed by atoms with E-state index in [1.54, 1.807) is 0 Å². The van der Waals surface area contributed by atoms with Gasteiger partial charge in [0.25, 0.3) is 0 Å². The van der Waals surface area contributed by atoms with Crippen LogP contribution in [0, 0.1) is 5.92 Å². The van der Waals surface area contributed by atoms with Crippen LogP contribution in [0.3, 0.4) is 0 Å². The van der Waals surface area contributed by atoms with Gasteiger partial charge in [-0.1, -0.05) is 62.4 Å². The molecule has 0 spiro atoms. The highest BCUT2D eigenvalue weighted by atomic mass is 19.1. The van der Waals surface area contributed by atoms with Gasteiger partial charge in [0.2, 0.25) is 0 Å². The van der Waals surface area contributed by atoms with E-state index < -0.39 is 5.67 Å². The predicted molar refractivity (Wildman–Crippen MR) is 68.6 cm³/mol. The second-order valence-electron chi connectivity index (χ2n) is 4.96. The molecule has 2 aromatic carbocycles. The topological polar surface area (TPSA) is 0 Å². The van der Waals surface area contributed by atoms with Crippen molar-refractivity contribution in [2.45, 2.75) is 19.5 Å². The molecule has 3 rings (SSSR count). The molecule has 2 aromatic rings. The van der Waals surface area contributed by atoms with Gasteiger partial charge in [0.1, 0.15) is 0 Å². The van der Waals surface area contributed by atoms with E-state index in [4.69, 9.17) is 0 Å². The van der Waals surface area contributed by atoms with E-state index in [1.807, 2.05) is 62.4 Å². The largest absolute Gasteiger partial charge is 0.233 e. The van der Waals surface area contributed by atoms with Gasteiger partial charge in [-0.25, -0.2) is 4.39 Å². The standard InChI is InChI=1S/C16H15F/c1-11(2)16(17)14-9-5-3-7-12(14)13-8-4-6-10-15(13)16/h3-11H,1-2H3. The first kappa shape index (κ1) is 10.5. The third kappa shape index (κ3) is 1.22. The van der Waals surface area contributed by atoms with Crippen LogP contribution < -0.4 is 0 Å². The van der Waals surface area contributed by atoms with Crippen molar-refractivity contribution in [3.63, 3.8) is 0 Å². The second-order valence-corrected chi connectivity index (χ2v) is 4.96. The van der Waals surface area contributed by atoms with Crippen LogP contribution in [0.25, 0.3) is 11.1 Å². The highest BCUT2D eigenvalue weighted by Crippen LogP contribution is 2.53. The molecule has 86 valence electrons. The summed E-state index contributed by atoms with van der Waals surface area (Å²) in [5, 5.41) is 0. The molecule has 0 saturated heterocycles. The van der Waals surface area contributed by atoms with E-state index in [0.717, 1.165) is 22.3 Å². The second kappa shape index (κ2) is 3.43. The Labute approximate surface area is 101 Å². The van der Waals surface area contributed by atoms with Gasteiger partial charge in [0, 0.05) is 11.1 Å². The van der Waals surface area contributed by atoms with Crippen molar-refractivity contribution in [3.8, 4) is 11.1 Å². The highest BCUT2D eigenvalue weighted by molar-refractivity contribution is 5.80. The molecule has 0 aliphatic heterocycles. The van der Waals surface area contributed by atoms with E-state index in [-0.39, 0.29) is 5.92 Å². The summed E-state index contributed by atoms with van der Waals surface area (Å²) in [6.45, 7) is 3.89. The van der Waals surface area contributed by atoms with E-state index in [1.165, 1.54) is 0 Å². The van der Waals surface area contributed by atoms with Gasteiger partial charge in [-0.15, -0.1) is 0 Å². The quantitative estimate of drug-likeness (QED) is 0.670. The summed E-state index contributed by atoms with van der Waals surface area (Å²) in [4.78, 5) is 0. The Hall–Kier alpha value is -1.63. The Bertz CT molecular complexity index is 524. The zero-order valence-corrected chi connectivity index (χ0v) is 10.1. The third-order valence-electron chi connectivity index (χ3n) is 3.72. The summed E-state index contributed by atoms with van der Waals surface area (Å²) in [5.41, 5.74) is 2.37. The van der Waals surface area contributed by atoms with Crippen molar-refractivity contribution in [1.29, 1.82) is 0 Å². The lowest BCUT2D eigenvalue weighted by molar-refractivity contribution is 0.156. The fraction of sp³-hybridized carbons (Fsp3) is 0.250. The maximum absolute atomic E-state index is 15.4. The molecule has 1 aliphatic carbocycles. The molecule has 0 heterocycles. The summed E-state index contributed by atoms with van der Waals surface area (Å²) in [6.07, 6.45) is 0. The molecule has 0 N–H and O–H groups in total. The fourth-order valence-corrected chi connectivity index (χ4v) is 2.84. The number of rotatable bonds is 1. The lowest BCUT2D eigenvalue weighted by atomic mass is 9.83. The fourth-order valence-electron chi connectivity index (χ4n) is 2.84. The zero-order chi connectivity index (χ0) is 12.0. The molecule has 0 fully saturated rings. The SMILES string of the molecule is CC(C)C1(F)c2ccccc2-c2ccccc21. The van der Waals surface area contributed by atoms with Crippen molar-refractivity contribution in [3.05, 3.63) is 59.7 Å². The number of hydrogen-bond acceptors (Lipinski definition) is 0. The van der Waals surface area contributed by atoms with E-state index in [2.05, 4.69) is 0 Å². The summed E-state index contributed by atoms with van der Waals surface area (Å²) in [6, 6.07) is 15.6. The minimum absolute atomic E-state index is 0.0627. The summed E-state index contributed by atoms with van der Waals surface area (Å²) < 4.78 is 15.4. The number of halogens is 1. The normalized spacial score (nSPS) is 15.8. The molecule has 0 nitrogen and oxygen atoms in total. The first-order valence-electron chi connectivity index (χ1n) is 6.04. The Morgan fingerprint density at radius 2 is 1.24 bits per heavy atom. The Morgan fingerprint density at radius 3 is 1.65 bits per heavy atom.